The number of nitrogens with one attached hydrogen (secondary N) is 2. The van der Waals surface area contributed by atoms with E-state index in [1.54, 1.807) is 0 Å². The first-order valence-corrected chi connectivity index (χ1v) is 7.88. The van der Waals surface area contributed by atoms with Crippen LogP contribution in [-0.2, 0) is 10.0 Å². The molecule has 2 rings (SSSR count). The van der Waals surface area contributed by atoms with Crippen LogP contribution < -0.4 is 14.8 Å². The molecular formula is C12H16F2N2O3S. The van der Waals surface area contributed by atoms with Crippen LogP contribution in [0.3, 0.4) is 0 Å². The Balaban J connectivity index is 1.84. The minimum absolute atomic E-state index is 0.0154. The van der Waals surface area contributed by atoms with Gasteiger partial charge in [-0.2, -0.15) is 8.78 Å². The zero-order valence-electron chi connectivity index (χ0n) is 10.7. The normalized spacial score (nSPS) is 15.3. The molecule has 1 aliphatic carbocycles. The molecule has 0 amide bonds. The topological polar surface area (TPSA) is 67.4 Å². The van der Waals surface area contributed by atoms with Crippen molar-refractivity contribution in [1.29, 1.82) is 0 Å². The van der Waals surface area contributed by atoms with Crippen molar-refractivity contribution < 1.29 is 21.9 Å². The average molecular weight is 306 g/mol. The average Bonchev–Trinajstić information content (AvgIpc) is 3.14. The van der Waals surface area contributed by atoms with E-state index in [-0.39, 0.29) is 11.5 Å². The van der Waals surface area contributed by atoms with E-state index in [4.69, 9.17) is 0 Å². The van der Waals surface area contributed by atoms with Crippen LogP contribution >= 0.6 is 0 Å². The fraction of sp³-hybridized carbons (Fsp3) is 0.500. The molecule has 1 aromatic carbocycles. The summed E-state index contributed by atoms with van der Waals surface area (Å²) in [7, 11) is -3.44. The molecule has 1 aliphatic rings. The van der Waals surface area contributed by atoms with E-state index in [0.717, 1.165) is 12.8 Å². The summed E-state index contributed by atoms with van der Waals surface area (Å²) in [5.74, 6) is -0.0444. The summed E-state index contributed by atoms with van der Waals surface area (Å²) in [6, 6.07) is 5.78. The second kappa shape index (κ2) is 6.36. The maximum absolute atomic E-state index is 12.0. The summed E-state index contributed by atoms with van der Waals surface area (Å²) in [6.07, 6.45) is 2.19. The Kier molecular flexibility index (Phi) is 4.77. The molecule has 0 spiro atoms. The molecule has 8 heteroatoms. The molecular weight excluding hydrogens is 290 g/mol. The molecule has 112 valence electrons. The highest BCUT2D eigenvalue weighted by molar-refractivity contribution is 7.92. The lowest BCUT2D eigenvalue weighted by atomic mass is 10.3. The van der Waals surface area contributed by atoms with Gasteiger partial charge in [0.1, 0.15) is 5.75 Å². The van der Waals surface area contributed by atoms with Gasteiger partial charge in [0.2, 0.25) is 10.0 Å². The number of hydrogen-bond donors (Lipinski definition) is 2. The Hall–Kier alpha value is -1.41. The van der Waals surface area contributed by atoms with Gasteiger partial charge in [-0.15, -0.1) is 0 Å². The standard InChI is InChI=1S/C12H16F2N2O3S/c13-12(14)19-11-5-3-10(4-6-11)16-20(17,18)8-7-15-9-1-2-9/h3-6,9,12,15-16H,1-2,7-8H2. The van der Waals surface area contributed by atoms with Crippen molar-refractivity contribution in [2.24, 2.45) is 0 Å². The predicted molar refractivity (Wildman–Crippen MR) is 71.5 cm³/mol. The van der Waals surface area contributed by atoms with Crippen molar-refractivity contribution in [2.75, 3.05) is 17.0 Å². The van der Waals surface area contributed by atoms with E-state index in [2.05, 4.69) is 14.8 Å². The Morgan fingerprint density at radius 1 is 1.25 bits per heavy atom. The van der Waals surface area contributed by atoms with Crippen molar-refractivity contribution in [2.45, 2.75) is 25.5 Å². The monoisotopic (exact) mass is 306 g/mol. The summed E-state index contributed by atoms with van der Waals surface area (Å²) >= 11 is 0. The molecule has 1 aromatic rings. The maximum Gasteiger partial charge on any atom is 0.387 e. The summed E-state index contributed by atoms with van der Waals surface area (Å²) in [4.78, 5) is 0. The highest BCUT2D eigenvalue weighted by Gasteiger charge is 2.21. The Morgan fingerprint density at radius 3 is 2.45 bits per heavy atom. The highest BCUT2D eigenvalue weighted by Crippen LogP contribution is 2.19. The van der Waals surface area contributed by atoms with Gasteiger partial charge < -0.3 is 10.1 Å². The molecule has 1 fully saturated rings. The molecule has 0 heterocycles. The second-order valence-corrected chi connectivity index (χ2v) is 6.39. The van der Waals surface area contributed by atoms with Gasteiger partial charge in [-0.3, -0.25) is 4.72 Å². The van der Waals surface area contributed by atoms with Gasteiger partial charge in [-0.25, -0.2) is 8.42 Å². The maximum atomic E-state index is 12.0. The third-order valence-electron chi connectivity index (χ3n) is 2.73. The van der Waals surface area contributed by atoms with E-state index >= 15 is 0 Å². The van der Waals surface area contributed by atoms with Crippen LogP contribution in [0.2, 0.25) is 0 Å². The number of halogens is 2. The quantitative estimate of drug-likeness (QED) is 0.768. The van der Waals surface area contributed by atoms with E-state index in [9.17, 15) is 17.2 Å². The zero-order chi connectivity index (χ0) is 14.6. The van der Waals surface area contributed by atoms with E-state index in [1.807, 2.05) is 0 Å². The summed E-state index contributed by atoms with van der Waals surface area (Å²) in [5.41, 5.74) is 0.318. The van der Waals surface area contributed by atoms with Crippen LogP contribution in [0.1, 0.15) is 12.8 Å². The van der Waals surface area contributed by atoms with Gasteiger partial charge in [-0.1, -0.05) is 0 Å². The first-order chi connectivity index (χ1) is 9.44. The van der Waals surface area contributed by atoms with Crippen LogP contribution in [0.5, 0.6) is 5.75 Å². The van der Waals surface area contributed by atoms with Crippen LogP contribution in [0.4, 0.5) is 14.5 Å². The first-order valence-electron chi connectivity index (χ1n) is 6.23. The lowest BCUT2D eigenvalue weighted by molar-refractivity contribution is -0.0498. The molecule has 0 atom stereocenters. The number of ether oxygens (including phenoxy) is 1. The Bertz CT molecular complexity index is 530. The second-order valence-electron chi connectivity index (χ2n) is 4.55. The van der Waals surface area contributed by atoms with E-state index < -0.39 is 16.6 Å². The molecule has 2 N–H and O–H groups in total. The lowest BCUT2D eigenvalue weighted by Crippen LogP contribution is -2.27. The van der Waals surface area contributed by atoms with Gasteiger partial charge >= 0.3 is 6.61 Å². The molecule has 0 bridgehead atoms. The third-order valence-corrected chi connectivity index (χ3v) is 4.02. The van der Waals surface area contributed by atoms with E-state index in [0.29, 0.717) is 18.3 Å². The predicted octanol–water partition coefficient (Wildman–Crippen LogP) is 1.78. The molecule has 20 heavy (non-hydrogen) atoms. The van der Waals surface area contributed by atoms with Crippen molar-refractivity contribution >= 4 is 15.7 Å². The minimum atomic E-state index is -3.44. The largest absolute Gasteiger partial charge is 0.435 e. The van der Waals surface area contributed by atoms with Crippen LogP contribution in [0.15, 0.2) is 24.3 Å². The molecule has 5 nitrogen and oxygen atoms in total. The number of hydrogen-bond acceptors (Lipinski definition) is 4. The molecule has 0 unspecified atom stereocenters. The summed E-state index contributed by atoms with van der Waals surface area (Å²) in [5, 5.41) is 3.11. The zero-order valence-corrected chi connectivity index (χ0v) is 11.5. The fourth-order valence-electron chi connectivity index (χ4n) is 1.62. The van der Waals surface area contributed by atoms with Crippen LogP contribution in [-0.4, -0.2) is 33.4 Å². The van der Waals surface area contributed by atoms with Crippen LogP contribution in [0, 0.1) is 0 Å². The number of anilines is 1. The van der Waals surface area contributed by atoms with Crippen molar-refractivity contribution in [3.63, 3.8) is 0 Å². The van der Waals surface area contributed by atoms with Crippen LogP contribution in [0.25, 0.3) is 0 Å². The smallest absolute Gasteiger partial charge is 0.387 e. The SMILES string of the molecule is O=S(=O)(CCNC1CC1)Nc1ccc(OC(F)F)cc1. The van der Waals surface area contributed by atoms with E-state index in [1.165, 1.54) is 24.3 Å². The molecule has 0 aliphatic heterocycles. The van der Waals surface area contributed by atoms with Crippen molar-refractivity contribution in [3.8, 4) is 5.75 Å². The molecule has 0 radical (unpaired) electrons. The highest BCUT2D eigenvalue weighted by atomic mass is 32.2. The van der Waals surface area contributed by atoms with Gasteiger partial charge in [0.15, 0.2) is 0 Å². The minimum Gasteiger partial charge on any atom is -0.435 e. The Morgan fingerprint density at radius 2 is 1.90 bits per heavy atom. The Labute approximate surface area is 116 Å². The molecule has 0 aromatic heterocycles. The van der Waals surface area contributed by atoms with Gasteiger partial charge in [0, 0.05) is 18.3 Å². The van der Waals surface area contributed by atoms with Crippen molar-refractivity contribution in [3.05, 3.63) is 24.3 Å². The first kappa shape index (κ1) is 15.0. The number of sulfonamides is 1. The fourth-order valence-corrected chi connectivity index (χ4v) is 2.60. The number of benzene rings is 1. The number of alkyl halides is 2. The van der Waals surface area contributed by atoms with Gasteiger partial charge in [0.25, 0.3) is 0 Å². The number of rotatable bonds is 8. The van der Waals surface area contributed by atoms with Crippen molar-refractivity contribution in [1.82, 2.24) is 5.32 Å². The molecule has 0 saturated heterocycles. The summed E-state index contributed by atoms with van der Waals surface area (Å²) in [6.45, 7) is -2.50. The molecule has 1 saturated carbocycles. The third kappa shape index (κ3) is 5.30. The lowest BCUT2D eigenvalue weighted by Gasteiger charge is -2.09. The van der Waals surface area contributed by atoms with Gasteiger partial charge in [-0.05, 0) is 37.1 Å². The summed E-state index contributed by atoms with van der Waals surface area (Å²) < 4.78 is 54.0. The van der Waals surface area contributed by atoms with Gasteiger partial charge in [0.05, 0.1) is 5.75 Å².